The second-order valence-corrected chi connectivity index (χ2v) is 2.49. The molecule has 0 aliphatic heterocycles. The fraction of sp³-hybridized carbons (Fsp3) is 1.00. The van der Waals surface area contributed by atoms with E-state index in [9.17, 15) is 0 Å². The average molecular weight is 191 g/mol. The Balaban J connectivity index is -0.000000131. The van der Waals surface area contributed by atoms with E-state index in [2.05, 4.69) is 13.8 Å². The van der Waals surface area contributed by atoms with Crippen LogP contribution in [0.4, 0.5) is 0 Å². The molecule has 0 radical (unpaired) electrons. The fourth-order valence-electron chi connectivity index (χ4n) is 0.598. The van der Waals surface area contributed by atoms with Crippen molar-refractivity contribution in [1.82, 2.24) is 0 Å². The van der Waals surface area contributed by atoms with E-state index in [1.54, 1.807) is 7.11 Å². The van der Waals surface area contributed by atoms with Crippen LogP contribution in [0.5, 0.6) is 0 Å². The Bertz CT molecular complexity index is 43.4. The Morgan fingerprint density at radius 3 is 1.62 bits per heavy atom. The van der Waals surface area contributed by atoms with Gasteiger partial charge in [0.15, 0.2) is 0 Å². The Hall–Kier alpha value is -0.0800. The summed E-state index contributed by atoms with van der Waals surface area (Å²) in [5, 5.41) is 0. The zero-order valence-corrected chi connectivity index (χ0v) is 10.2. The molecule has 0 aliphatic carbocycles. The molecule has 2 heteroatoms. The van der Waals surface area contributed by atoms with Crippen LogP contribution < -0.4 is 5.73 Å². The summed E-state index contributed by atoms with van der Waals surface area (Å²) in [6, 6.07) is 0. The monoisotopic (exact) mass is 191 g/mol. The van der Waals surface area contributed by atoms with E-state index in [-0.39, 0.29) is 0 Å². The first-order valence-corrected chi connectivity index (χ1v) is 5.52. The summed E-state index contributed by atoms with van der Waals surface area (Å²) in [6.45, 7) is 10.0. The van der Waals surface area contributed by atoms with E-state index in [0.717, 1.165) is 19.6 Å². The smallest absolute Gasteiger partial charge is 0.0459 e. The lowest BCUT2D eigenvalue weighted by Gasteiger charge is -1.86. The molecule has 0 atom stereocenters. The second kappa shape index (κ2) is 29.7. The molecule has 0 aromatic heterocycles. The fourth-order valence-corrected chi connectivity index (χ4v) is 0.598. The standard InChI is InChI=1S/C5H13N.C4H10O.C2H6/c1-2-3-4-5-6;1-3-4-5-2;1-2/h2-6H2,1H3;3-4H2,1-2H3;1-2H3. The van der Waals surface area contributed by atoms with Gasteiger partial charge in [-0.15, -0.1) is 0 Å². The molecule has 0 fully saturated rings. The van der Waals surface area contributed by atoms with Crippen LogP contribution in [-0.2, 0) is 4.74 Å². The lowest BCUT2D eigenvalue weighted by atomic mass is 10.3. The molecule has 0 saturated carbocycles. The normalized spacial score (nSPS) is 7.85. The van der Waals surface area contributed by atoms with Gasteiger partial charge in [-0.3, -0.25) is 0 Å². The molecule has 0 spiro atoms. The summed E-state index contributed by atoms with van der Waals surface area (Å²) >= 11 is 0. The van der Waals surface area contributed by atoms with Crippen molar-refractivity contribution in [3.8, 4) is 0 Å². The summed E-state index contributed by atoms with van der Waals surface area (Å²) in [5.41, 5.74) is 5.21. The lowest BCUT2D eigenvalue weighted by molar-refractivity contribution is 0.199. The molecule has 13 heavy (non-hydrogen) atoms. The number of hydrogen-bond acceptors (Lipinski definition) is 2. The summed E-state index contributed by atoms with van der Waals surface area (Å²) in [5.74, 6) is 0. The van der Waals surface area contributed by atoms with Crippen LogP contribution in [0.15, 0.2) is 0 Å². The van der Waals surface area contributed by atoms with E-state index in [4.69, 9.17) is 10.5 Å². The molecule has 0 amide bonds. The van der Waals surface area contributed by atoms with Crippen molar-refractivity contribution in [2.75, 3.05) is 20.3 Å². The lowest BCUT2D eigenvalue weighted by Crippen LogP contribution is -1.96. The number of hydrogen-bond donors (Lipinski definition) is 1. The van der Waals surface area contributed by atoms with Crippen molar-refractivity contribution in [2.24, 2.45) is 5.73 Å². The third-order valence-corrected chi connectivity index (χ3v) is 1.22. The molecular formula is C11H29NO. The zero-order valence-electron chi connectivity index (χ0n) is 10.2. The zero-order chi connectivity index (χ0) is 10.9. The van der Waals surface area contributed by atoms with Gasteiger partial charge < -0.3 is 10.5 Å². The summed E-state index contributed by atoms with van der Waals surface area (Å²) in [4.78, 5) is 0. The number of unbranched alkanes of at least 4 members (excludes halogenated alkanes) is 2. The summed E-state index contributed by atoms with van der Waals surface area (Å²) in [7, 11) is 1.71. The predicted octanol–water partition coefficient (Wildman–Crippen LogP) is 3.20. The largest absolute Gasteiger partial charge is 0.385 e. The van der Waals surface area contributed by atoms with Gasteiger partial charge in [0, 0.05) is 13.7 Å². The van der Waals surface area contributed by atoms with Gasteiger partial charge in [0.2, 0.25) is 0 Å². The van der Waals surface area contributed by atoms with Crippen molar-refractivity contribution in [3.05, 3.63) is 0 Å². The van der Waals surface area contributed by atoms with Crippen LogP contribution in [0.2, 0.25) is 0 Å². The van der Waals surface area contributed by atoms with Crippen molar-refractivity contribution in [2.45, 2.75) is 53.4 Å². The highest BCUT2D eigenvalue weighted by molar-refractivity contribution is 4.34. The Kier molecular flexibility index (Phi) is 42.6. The maximum atomic E-state index is 5.21. The van der Waals surface area contributed by atoms with E-state index in [0.29, 0.717) is 0 Å². The first-order chi connectivity index (χ1) is 6.33. The van der Waals surface area contributed by atoms with Crippen LogP contribution in [0.25, 0.3) is 0 Å². The Morgan fingerprint density at radius 2 is 1.54 bits per heavy atom. The van der Waals surface area contributed by atoms with Gasteiger partial charge >= 0.3 is 0 Å². The van der Waals surface area contributed by atoms with Crippen LogP contribution >= 0.6 is 0 Å². The van der Waals surface area contributed by atoms with Gasteiger partial charge in [-0.25, -0.2) is 0 Å². The van der Waals surface area contributed by atoms with Crippen LogP contribution in [0.1, 0.15) is 53.4 Å². The van der Waals surface area contributed by atoms with Gasteiger partial charge in [0.05, 0.1) is 0 Å². The van der Waals surface area contributed by atoms with Gasteiger partial charge in [-0.05, 0) is 19.4 Å². The predicted molar refractivity (Wildman–Crippen MR) is 62.1 cm³/mol. The van der Waals surface area contributed by atoms with Gasteiger partial charge in [0.25, 0.3) is 0 Å². The Labute approximate surface area is 84.9 Å². The third kappa shape index (κ3) is 48.5. The van der Waals surface area contributed by atoms with Gasteiger partial charge in [-0.2, -0.15) is 0 Å². The maximum Gasteiger partial charge on any atom is 0.0459 e. The van der Waals surface area contributed by atoms with Crippen molar-refractivity contribution < 1.29 is 4.74 Å². The molecule has 0 aliphatic rings. The van der Waals surface area contributed by atoms with Gasteiger partial charge in [0.1, 0.15) is 0 Å². The molecule has 0 aromatic carbocycles. The number of rotatable bonds is 5. The molecule has 2 nitrogen and oxygen atoms in total. The maximum absolute atomic E-state index is 5.21. The minimum Gasteiger partial charge on any atom is -0.385 e. The highest BCUT2D eigenvalue weighted by Gasteiger charge is 1.75. The summed E-state index contributed by atoms with van der Waals surface area (Å²) in [6.07, 6.45) is 4.88. The minimum absolute atomic E-state index is 0.855. The molecule has 2 N–H and O–H groups in total. The van der Waals surface area contributed by atoms with Crippen molar-refractivity contribution in [1.29, 1.82) is 0 Å². The SMILES string of the molecule is CC.CCCCCN.CCCOC. The van der Waals surface area contributed by atoms with Crippen LogP contribution in [-0.4, -0.2) is 20.3 Å². The van der Waals surface area contributed by atoms with E-state index < -0.39 is 0 Å². The highest BCUT2D eigenvalue weighted by Crippen LogP contribution is 1.88. The van der Waals surface area contributed by atoms with E-state index in [1.807, 2.05) is 13.8 Å². The molecule has 84 valence electrons. The summed E-state index contributed by atoms with van der Waals surface area (Å²) < 4.78 is 4.69. The highest BCUT2D eigenvalue weighted by atomic mass is 16.5. The number of methoxy groups -OCH3 is 1. The van der Waals surface area contributed by atoms with E-state index >= 15 is 0 Å². The molecule has 0 rings (SSSR count). The van der Waals surface area contributed by atoms with Crippen molar-refractivity contribution in [3.63, 3.8) is 0 Å². The molecule has 0 aromatic rings. The van der Waals surface area contributed by atoms with Crippen LogP contribution in [0, 0.1) is 0 Å². The van der Waals surface area contributed by atoms with Crippen LogP contribution in [0.3, 0.4) is 0 Å². The van der Waals surface area contributed by atoms with Gasteiger partial charge in [-0.1, -0.05) is 40.5 Å². The quantitative estimate of drug-likeness (QED) is 0.677. The molecule has 0 bridgehead atoms. The number of ether oxygens (including phenoxy) is 1. The molecule has 0 saturated heterocycles. The first-order valence-electron chi connectivity index (χ1n) is 5.52. The average Bonchev–Trinajstić information content (AvgIpc) is 2.20. The van der Waals surface area contributed by atoms with E-state index in [1.165, 1.54) is 19.3 Å². The molecule has 0 unspecified atom stereocenters. The third-order valence-electron chi connectivity index (χ3n) is 1.22. The number of nitrogens with two attached hydrogens (primary N) is 1. The van der Waals surface area contributed by atoms with Crippen molar-refractivity contribution >= 4 is 0 Å². The minimum atomic E-state index is 0.855. The second-order valence-electron chi connectivity index (χ2n) is 2.49. The first kappa shape index (κ1) is 18.7. The molecular weight excluding hydrogens is 162 g/mol. The topological polar surface area (TPSA) is 35.2 Å². The Morgan fingerprint density at radius 1 is 1.00 bits per heavy atom. The molecule has 0 heterocycles.